The quantitative estimate of drug-likeness (QED) is 0.266. The van der Waals surface area contributed by atoms with E-state index in [0.29, 0.717) is 10.3 Å². The van der Waals surface area contributed by atoms with Crippen molar-refractivity contribution < 1.29 is 0 Å². The molecule has 4 heteroatoms. The van der Waals surface area contributed by atoms with E-state index in [4.69, 9.17) is 23.2 Å². The second kappa shape index (κ2) is 9.29. The van der Waals surface area contributed by atoms with Crippen LogP contribution < -0.4 is 0 Å². The molecule has 2 aromatic heterocycles. The van der Waals surface area contributed by atoms with Crippen LogP contribution in [0.3, 0.4) is 0 Å². The van der Waals surface area contributed by atoms with Gasteiger partial charge in [0.25, 0.3) is 0 Å². The van der Waals surface area contributed by atoms with Gasteiger partial charge in [-0.05, 0) is 59.7 Å². The number of rotatable bonds is 1. The Labute approximate surface area is 185 Å². The highest BCUT2D eigenvalue weighted by atomic mass is 35.5. The highest BCUT2D eigenvalue weighted by Crippen LogP contribution is 2.20. The van der Waals surface area contributed by atoms with Crippen LogP contribution in [-0.4, -0.2) is 9.97 Å². The second-order valence-electron chi connectivity index (χ2n) is 6.39. The van der Waals surface area contributed by atoms with Crippen molar-refractivity contribution in [3.05, 3.63) is 118 Å². The number of hydrogen-bond donors (Lipinski definition) is 0. The largest absolute Gasteiger partial charge is 0.243 e. The molecule has 0 saturated carbocycles. The van der Waals surface area contributed by atoms with E-state index < -0.39 is 0 Å². The molecule has 0 amide bonds. The zero-order valence-electron chi connectivity index (χ0n) is 15.7. The Balaban J connectivity index is 1.46. The van der Waals surface area contributed by atoms with Crippen LogP contribution in [-0.2, 0) is 0 Å². The highest BCUT2D eigenvalue weighted by Gasteiger charge is 1.98. The van der Waals surface area contributed by atoms with E-state index in [0.717, 1.165) is 33.4 Å². The predicted octanol–water partition coefficient (Wildman–Crippen LogP) is 6.25. The van der Waals surface area contributed by atoms with E-state index in [-0.39, 0.29) is 0 Å². The fourth-order valence-electron chi connectivity index (χ4n) is 2.68. The third-order valence-corrected chi connectivity index (χ3v) is 4.71. The average molecular weight is 425 g/mol. The first-order valence-electron chi connectivity index (χ1n) is 9.13. The highest BCUT2D eigenvalue weighted by molar-refractivity contribution is 6.29. The van der Waals surface area contributed by atoms with Gasteiger partial charge in [-0.2, -0.15) is 0 Å². The molecule has 4 aromatic rings. The van der Waals surface area contributed by atoms with Crippen molar-refractivity contribution in [3.63, 3.8) is 0 Å². The number of nitrogens with zero attached hydrogens (tertiary/aromatic N) is 2. The van der Waals surface area contributed by atoms with Gasteiger partial charge in [0.2, 0.25) is 0 Å². The topological polar surface area (TPSA) is 25.8 Å². The van der Waals surface area contributed by atoms with Crippen LogP contribution in [0, 0.1) is 23.7 Å². The summed E-state index contributed by atoms with van der Waals surface area (Å²) in [6.07, 6.45) is 3.33. The minimum Gasteiger partial charge on any atom is -0.243 e. The van der Waals surface area contributed by atoms with Gasteiger partial charge in [-0.1, -0.05) is 71.1 Å². The molecule has 0 atom stereocenters. The molecule has 30 heavy (non-hydrogen) atoms. The van der Waals surface area contributed by atoms with Gasteiger partial charge in [-0.25, -0.2) is 9.97 Å². The summed E-state index contributed by atoms with van der Waals surface area (Å²) in [5.41, 5.74) is 5.77. The first kappa shape index (κ1) is 19.7. The molecule has 0 N–H and O–H groups in total. The number of benzene rings is 2. The van der Waals surface area contributed by atoms with Crippen molar-refractivity contribution in [2.75, 3.05) is 0 Å². The minimum atomic E-state index is 0.462. The van der Waals surface area contributed by atoms with Crippen LogP contribution in [0.5, 0.6) is 0 Å². The number of aromatic nitrogens is 2. The Morgan fingerprint density at radius 3 is 1.10 bits per heavy atom. The van der Waals surface area contributed by atoms with Gasteiger partial charge in [0, 0.05) is 34.6 Å². The molecule has 0 radical (unpaired) electrons. The number of hydrogen-bond acceptors (Lipinski definition) is 2. The zero-order chi connectivity index (χ0) is 20.8. The molecular formula is C26H14Cl2N2. The lowest BCUT2D eigenvalue weighted by Crippen LogP contribution is -1.82. The summed E-state index contributed by atoms with van der Waals surface area (Å²) in [6.45, 7) is 0. The SMILES string of the molecule is Clc1ccc(C#Cc2ccc(-c3ccc(C#Cc4ccc(Cl)nc4)cc3)cc2)cn1. The van der Waals surface area contributed by atoms with Gasteiger partial charge in [0.15, 0.2) is 0 Å². The molecule has 0 aliphatic rings. The molecule has 0 aliphatic carbocycles. The maximum atomic E-state index is 5.79. The third-order valence-electron chi connectivity index (χ3n) is 4.26. The maximum Gasteiger partial charge on any atom is 0.129 e. The lowest BCUT2D eigenvalue weighted by Gasteiger charge is -2.02. The first-order valence-corrected chi connectivity index (χ1v) is 9.89. The molecule has 4 rings (SSSR count). The van der Waals surface area contributed by atoms with Crippen LogP contribution in [0.25, 0.3) is 11.1 Å². The smallest absolute Gasteiger partial charge is 0.129 e. The van der Waals surface area contributed by atoms with Crippen molar-refractivity contribution in [1.82, 2.24) is 9.97 Å². The van der Waals surface area contributed by atoms with Crippen LogP contribution in [0.15, 0.2) is 85.2 Å². The van der Waals surface area contributed by atoms with E-state index in [1.54, 1.807) is 24.5 Å². The summed E-state index contributed by atoms with van der Waals surface area (Å²) >= 11 is 11.6. The summed E-state index contributed by atoms with van der Waals surface area (Å²) in [5, 5.41) is 0.924. The molecule has 0 saturated heterocycles. The molecule has 2 heterocycles. The van der Waals surface area contributed by atoms with Crippen LogP contribution in [0.1, 0.15) is 22.3 Å². The second-order valence-corrected chi connectivity index (χ2v) is 7.17. The van der Waals surface area contributed by atoms with Crippen LogP contribution >= 0.6 is 23.2 Å². The minimum absolute atomic E-state index is 0.462. The fraction of sp³-hybridized carbons (Fsp3) is 0. The van der Waals surface area contributed by atoms with Gasteiger partial charge >= 0.3 is 0 Å². The summed E-state index contributed by atoms with van der Waals surface area (Å²) in [4.78, 5) is 8.06. The Bertz CT molecular complexity index is 1160. The molecule has 0 bridgehead atoms. The summed E-state index contributed by atoms with van der Waals surface area (Å²) in [6, 6.07) is 23.4. The molecular weight excluding hydrogens is 411 g/mol. The Morgan fingerprint density at radius 1 is 0.433 bits per heavy atom. The van der Waals surface area contributed by atoms with Gasteiger partial charge in [-0.3, -0.25) is 0 Å². The molecule has 0 unspecified atom stereocenters. The van der Waals surface area contributed by atoms with Gasteiger partial charge < -0.3 is 0 Å². The zero-order valence-corrected chi connectivity index (χ0v) is 17.2. The summed E-state index contributed by atoms with van der Waals surface area (Å²) < 4.78 is 0. The number of halogens is 2. The fourth-order valence-corrected chi connectivity index (χ4v) is 2.90. The first-order chi connectivity index (χ1) is 14.7. The molecule has 0 spiro atoms. The van der Waals surface area contributed by atoms with E-state index in [2.05, 4.69) is 57.9 Å². The van der Waals surface area contributed by atoms with Gasteiger partial charge in [-0.15, -0.1) is 0 Å². The van der Waals surface area contributed by atoms with E-state index in [1.807, 2.05) is 36.4 Å². The van der Waals surface area contributed by atoms with Crippen molar-refractivity contribution in [2.24, 2.45) is 0 Å². The standard InChI is InChI=1S/C26H14Cl2N2/c27-25-15-9-21(17-29-25)3-1-19-5-11-23(12-6-19)24-13-7-20(8-14-24)2-4-22-10-16-26(28)30-18-22/h5-18H. The average Bonchev–Trinajstić information content (AvgIpc) is 2.79. The van der Waals surface area contributed by atoms with Crippen molar-refractivity contribution in [3.8, 4) is 34.8 Å². The lowest BCUT2D eigenvalue weighted by atomic mass is 10.0. The van der Waals surface area contributed by atoms with Gasteiger partial charge in [0.1, 0.15) is 10.3 Å². The van der Waals surface area contributed by atoms with E-state index in [1.165, 1.54) is 0 Å². The molecule has 142 valence electrons. The van der Waals surface area contributed by atoms with E-state index in [9.17, 15) is 0 Å². The summed E-state index contributed by atoms with van der Waals surface area (Å²) in [7, 11) is 0. The Hall–Kier alpha value is -3.56. The maximum absolute atomic E-state index is 5.79. The van der Waals surface area contributed by atoms with Crippen molar-refractivity contribution in [1.29, 1.82) is 0 Å². The number of pyridine rings is 2. The third kappa shape index (κ3) is 5.28. The molecule has 2 nitrogen and oxygen atoms in total. The van der Waals surface area contributed by atoms with Crippen molar-refractivity contribution in [2.45, 2.75) is 0 Å². The summed E-state index contributed by atoms with van der Waals surface area (Å²) in [5.74, 6) is 12.5. The Kier molecular flexibility index (Phi) is 6.11. The van der Waals surface area contributed by atoms with Gasteiger partial charge in [0.05, 0.1) is 0 Å². The van der Waals surface area contributed by atoms with Crippen LogP contribution in [0.2, 0.25) is 10.3 Å². The molecule has 2 aromatic carbocycles. The molecule has 0 fully saturated rings. The predicted molar refractivity (Wildman–Crippen MR) is 122 cm³/mol. The lowest BCUT2D eigenvalue weighted by molar-refractivity contribution is 1.31. The monoisotopic (exact) mass is 424 g/mol. The van der Waals surface area contributed by atoms with Crippen LogP contribution in [0.4, 0.5) is 0 Å². The van der Waals surface area contributed by atoms with E-state index >= 15 is 0 Å². The normalized spacial score (nSPS) is 9.80. The molecule has 0 aliphatic heterocycles. The Morgan fingerprint density at radius 2 is 0.767 bits per heavy atom. The van der Waals surface area contributed by atoms with Crippen molar-refractivity contribution >= 4 is 23.2 Å².